The highest BCUT2D eigenvalue weighted by Gasteiger charge is 2.53. The van der Waals surface area contributed by atoms with Gasteiger partial charge in [-0.1, -0.05) is 13.0 Å². The van der Waals surface area contributed by atoms with Gasteiger partial charge in [-0.15, -0.1) is 0 Å². The summed E-state index contributed by atoms with van der Waals surface area (Å²) < 4.78 is 0. The number of aromatic hydroxyl groups is 2. The Morgan fingerprint density at radius 1 is 1.22 bits per heavy atom. The fraction of sp³-hybridized carbons (Fsp3) is 0.579. The SMILES string of the molecule is Cc1ccc(O)c(O)c1CC[C@@H]1C(=O)CC[C@]2(C)C(=O)CCC12. The molecule has 2 fully saturated rings. The average Bonchev–Trinajstić information content (AvgIpc) is 2.82. The van der Waals surface area contributed by atoms with Crippen molar-refractivity contribution < 1.29 is 19.8 Å². The summed E-state index contributed by atoms with van der Waals surface area (Å²) >= 11 is 0. The van der Waals surface area contributed by atoms with Crippen LogP contribution in [0.4, 0.5) is 0 Å². The minimum atomic E-state index is -0.339. The molecule has 1 unspecified atom stereocenters. The summed E-state index contributed by atoms with van der Waals surface area (Å²) in [5.41, 5.74) is 1.28. The molecule has 2 saturated carbocycles. The van der Waals surface area contributed by atoms with Crippen LogP contribution in [-0.2, 0) is 16.0 Å². The molecule has 2 aliphatic carbocycles. The molecule has 124 valence electrons. The van der Waals surface area contributed by atoms with E-state index in [1.54, 1.807) is 6.07 Å². The molecule has 0 aromatic heterocycles. The maximum absolute atomic E-state index is 12.4. The number of benzene rings is 1. The molecule has 0 bridgehead atoms. The van der Waals surface area contributed by atoms with E-state index in [1.807, 2.05) is 13.8 Å². The molecule has 0 spiro atoms. The van der Waals surface area contributed by atoms with Crippen molar-refractivity contribution in [2.45, 2.75) is 52.4 Å². The van der Waals surface area contributed by atoms with Crippen molar-refractivity contribution in [2.24, 2.45) is 17.3 Å². The molecular formula is C19H24O4. The zero-order valence-electron chi connectivity index (χ0n) is 13.8. The number of phenols is 2. The van der Waals surface area contributed by atoms with Gasteiger partial charge in [0.05, 0.1) is 0 Å². The van der Waals surface area contributed by atoms with Crippen molar-refractivity contribution in [3.05, 3.63) is 23.3 Å². The molecule has 0 saturated heterocycles. The van der Waals surface area contributed by atoms with E-state index in [-0.39, 0.29) is 34.5 Å². The predicted molar refractivity (Wildman–Crippen MR) is 86.4 cm³/mol. The highest BCUT2D eigenvalue weighted by Crippen LogP contribution is 2.52. The van der Waals surface area contributed by atoms with Crippen LogP contribution in [0.25, 0.3) is 0 Å². The van der Waals surface area contributed by atoms with E-state index >= 15 is 0 Å². The minimum absolute atomic E-state index is 0.0847. The Morgan fingerprint density at radius 2 is 1.96 bits per heavy atom. The van der Waals surface area contributed by atoms with Crippen molar-refractivity contribution in [3.8, 4) is 11.5 Å². The van der Waals surface area contributed by atoms with Gasteiger partial charge >= 0.3 is 0 Å². The van der Waals surface area contributed by atoms with Crippen LogP contribution >= 0.6 is 0 Å². The van der Waals surface area contributed by atoms with Gasteiger partial charge in [-0.2, -0.15) is 0 Å². The van der Waals surface area contributed by atoms with E-state index in [9.17, 15) is 19.8 Å². The molecular weight excluding hydrogens is 292 g/mol. The Labute approximate surface area is 136 Å². The first-order valence-corrected chi connectivity index (χ1v) is 8.41. The number of ketones is 2. The van der Waals surface area contributed by atoms with Crippen LogP contribution in [-0.4, -0.2) is 21.8 Å². The van der Waals surface area contributed by atoms with E-state index in [0.717, 1.165) is 12.0 Å². The van der Waals surface area contributed by atoms with Crippen molar-refractivity contribution in [3.63, 3.8) is 0 Å². The van der Waals surface area contributed by atoms with Gasteiger partial charge in [0.2, 0.25) is 0 Å². The fourth-order valence-corrected chi connectivity index (χ4v) is 4.56. The van der Waals surface area contributed by atoms with Gasteiger partial charge in [0.15, 0.2) is 11.5 Å². The van der Waals surface area contributed by atoms with Crippen LogP contribution < -0.4 is 0 Å². The van der Waals surface area contributed by atoms with Gasteiger partial charge in [0.1, 0.15) is 11.6 Å². The summed E-state index contributed by atoms with van der Waals surface area (Å²) in [6, 6.07) is 3.25. The molecule has 4 nitrogen and oxygen atoms in total. The van der Waals surface area contributed by atoms with Crippen LogP contribution in [0.1, 0.15) is 50.2 Å². The lowest BCUT2D eigenvalue weighted by Gasteiger charge is -2.39. The van der Waals surface area contributed by atoms with E-state index in [4.69, 9.17) is 0 Å². The first-order valence-electron chi connectivity index (χ1n) is 8.41. The first kappa shape index (κ1) is 16.0. The summed E-state index contributed by atoms with van der Waals surface area (Å²) in [5, 5.41) is 19.7. The maximum Gasteiger partial charge on any atom is 0.160 e. The van der Waals surface area contributed by atoms with Gasteiger partial charge in [0, 0.05) is 29.7 Å². The Kier molecular flexibility index (Phi) is 3.95. The summed E-state index contributed by atoms with van der Waals surface area (Å²) in [7, 11) is 0. The molecule has 4 heteroatoms. The topological polar surface area (TPSA) is 74.6 Å². The summed E-state index contributed by atoms with van der Waals surface area (Å²) in [6.45, 7) is 3.91. The largest absolute Gasteiger partial charge is 0.504 e. The molecule has 3 atom stereocenters. The first-order chi connectivity index (χ1) is 10.8. The maximum atomic E-state index is 12.4. The van der Waals surface area contributed by atoms with E-state index in [2.05, 4.69) is 0 Å². The fourth-order valence-electron chi connectivity index (χ4n) is 4.56. The lowest BCUT2D eigenvalue weighted by atomic mass is 9.62. The number of carbonyl (C=O) groups excluding carboxylic acids is 2. The van der Waals surface area contributed by atoms with Crippen molar-refractivity contribution in [1.82, 2.24) is 0 Å². The van der Waals surface area contributed by atoms with Gasteiger partial charge in [-0.05, 0) is 50.2 Å². The number of carbonyl (C=O) groups is 2. The summed E-state index contributed by atoms with van der Waals surface area (Å²) in [6.07, 6.45) is 3.72. The summed E-state index contributed by atoms with van der Waals surface area (Å²) in [5.74, 6) is 0.369. The normalized spacial score (nSPS) is 30.5. The zero-order chi connectivity index (χ0) is 16.8. The Balaban J connectivity index is 1.81. The van der Waals surface area contributed by atoms with Crippen molar-refractivity contribution in [1.29, 1.82) is 0 Å². The third kappa shape index (κ3) is 2.54. The molecule has 2 N–H and O–H groups in total. The van der Waals surface area contributed by atoms with E-state index in [0.29, 0.717) is 43.5 Å². The standard InChI is InChI=1S/C19H24O4/c1-11-3-7-16(21)18(23)12(11)4-5-13-14-6-8-17(22)19(14,2)10-9-15(13)20/h3,7,13-14,21,23H,4-6,8-10H2,1-2H3/t13-,14?,19-/m0/s1. The molecule has 0 aliphatic heterocycles. The second-order valence-corrected chi connectivity index (χ2v) is 7.33. The molecule has 0 radical (unpaired) electrons. The molecule has 0 heterocycles. The van der Waals surface area contributed by atoms with Crippen LogP contribution in [0.5, 0.6) is 11.5 Å². The molecule has 1 aromatic carbocycles. The quantitative estimate of drug-likeness (QED) is 0.839. The third-order valence-electron chi connectivity index (χ3n) is 6.13. The van der Waals surface area contributed by atoms with E-state index in [1.165, 1.54) is 6.07 Å². The molecule has 0 amide bonds. The lowest BCUT2D eigenvalue weighted by molar-refractivity contribution is -0.136. The number of fused-ring (bicyclic) bond motifs is 1. The van der Waals surface area contributed by atoms with Crippen LogP contribution in [0.15, 0.2) is 12.1 Å². The number of rotatable bonds is 3. The zero-order valence-corrected chi connectivity index (χ0v) is 13.8. The smallest absolute Gasteiger partial charge is 0.160 e. The number of hydrogen-bond acceptors (Lipinski definition) is 4. The van der Waals surface area contributed by atoms with Gasteiger partial charge in [0.25, 0.3) is 0 Å². The second kappa shape index (κ2) is 5.66. The predicted octanol–water partition coefficient (Wildman–Crippen LogP) is 3.30. The average molecular weight is 316 g/mol. The van der Waals surface area contributed by atoms with Crippen LogP contribution in [0, 0.1) is 24.2 Å². The van der Waals surface area contributed by atoms with E-state index < -0.39 is 0 Å². The highest BCUT2D eigenvalue weighted by molar-refractivity contribution is 5.92. The van der Waals surface area contributed by atoms with Gasteiger partial charge in [-0.3, -0.25) is 9.59 Å². The Bertz CT molecular complexity index is 664. The minimum Gasteiger partial charge on any atom is -0.504 e. The summed E-state index contributed by atoms with van der Waals surface area (Å²) in [4.78, 5) is 24.6. The third-order valence-corrected chi connectivity index (χ3v) is 6.13. The molecule has 1 aromatic rings. The number of aryl methyl sites for hydroxylation is 1. The van der Waals surface area contributed by atoms with Gasteiger partial charge in [-0.25, -0.2) is 0 Å². The van der Waals surface area contributed by atoms with Crippen LogP contribution in [0.3, 0.4) is 0 Å². The number of phenolic OH excluding ortho intramolecular Hbond substituents is 2. The molecule has 23 heavy (non-hydrogen) atoms. The highest BCUT2D eigenvalue weighted by atomic mass is 16.3. The Hall–Kier alpha value is -1.84. The second-order valence-electron chi connectivity index (χ2n) is 7.33. The van der Waals surface area contributed by atoms with Crippen LogP contribution in [0.2, 0.25) is 0 Å². The lowest BCUT2D eigenvalue weighted by Crippen LogP contribution is -2.42. The molecule has 3 rings (SSSR count). The monoisotopic (exact) mass is 316 g/mol. The Morgan fingerprint density at radius 3 is 2.70 bits per heavy atom. The van der Waals surface area contributed by atoms with Crippen molar-refractivity contribution >= 4 is 11.6 Å². The van der Waals surface area contributed by atoms with Gasteiger partial charge < -0.3 is 10.2 Å². The number of hydrogen-bond donors (Lipinski definition) is 2. The molecule has 2 aliphatic rings. The number of Topliss-reactive ketones (excluding diaryl/α,β-unsaturated/α-hetero) is 2. The van der Waals surface area contributed by atoms with Crippen molar-refractivity contribution in [2.75, 3.05) is 0 Å².